The minimum atomic E-state index is 0.818. The molecule has 5 heteroatoms. The van der Waals surface area contributed by atoms with Gasteiger partial charge < -0.3 is 10.2 Å². The number of aromatic nitrogens is 3. The van der Waals surface area contributed by atoms with E-state index in [1.54, 1.807) is 0 Å². The summed E-state index contributed by atoms with van der Waals surface area (Å²) in [6.45, 7) is 10.8. The summed E-state index contributed by atoms with van der Waals surface area (Å²) >= 11 is 0. The van der Waals surface area contributed by atoms with Crippen LogP contribution in [0.2, 0.25) is 0 Å². The lowest BCUT2D eigenvalue weighted by Crippen LogP contribution is -2.28. The number of rotatable bonds is 7. The highest BCUT2D eigenvalue weighted by molar-refractivity contribution is 4.91. The molecule has 1 aliphatic heterocycles. The molecule has 1 aromatic rings. The lowest BCUT2D eigenvalue weighted by molar-refractivity contribution is 0.263. The van der Waals surface area contributed by atoms with Crippen LogP contribution in [0, 0.1) is 5.92 Å². The standard InChI is InChI=1S/C15H29N5/c1-3-14-6-5-8-19(9-7-14)10-11-20-13-15(17-18-20)12-16-4-2/h13-14,16H,3-12H2,1-2H3. The molecule has 1 N–H and O–H groups in total. The molecule has 1 saturated heterocycles. The molecule has 0 saturated carbocycles. The van der Waals surface area contributed by atoms with Crippen LogP contribution in [0.15, 0.2) is 6.20 Å². The first kappa shape index (κ1) is 15.4. The van der Waals surface area contributed by atoms with Crippen molar-refractivity contribution in [1.29, 1.82) is 0 Å². The zero-order valence-electron chi connectivity index (χ0n) is 13.0. The van der Waals surface area contributed by atoms with Gasteiger partial charge in [-0.05, 0) is 44.8 Å². The summed E-state index contributed by atoms with van der Waals surface area (Å²) in [5.74, 6) is 0.943. The van der Waals surface area contributed by atoms with Crippen LogP contribution in [-0.2, 0) is 13.1 Å². The van der Waals surface area contributed by atoms with Gasteiger partial charge in [-0.2, -0.15) is 0 Å². The van der Waals surface area contributed by atoms with E-state index in [1.807, 2.05) is 4.68 Å². The summed E-state index contributed by atoms with van der Waals surface area (Å²) < 4.78 is 1.98. The number of hydrogen-bond acceptors (Lipinski definition) is 4. The van der Waals surface area contributed by atoms with E-state index >= 15 is 0 Å². The lowest BCUT2D eigenvalue weighted by atomic mass is 9.98. The summed E-state index contributed by atoms with van der Waals surface area (Å²) in [5.41, 5.74) is 1.04. The predicted octanol–water partition coefficient (Wildman–Crippen LogP) is 1.90. The Balaban J connectivity index is 1.72. The van der Waals surface area contributed by atoms with Gasteiger partial charge in [-0.15, -0.1) is 5.10 Å². The zero-order valence-corrected chi connectivity index (χ0v) is 13.0. The SMILES string of the molecule is CCNCc1cn(CCN2CCCC(CC)CC2)nn1. The first-order valence-electron chi connectivity index (χ1n) is 8.14. The summed E-state index contributed by atoms with van der Waals surface area (Å²) in [6.07, 6.45) is 7.52. The van der Waals surface area contributed by atoms with Crippen LogP contribution in [-0.4, -0.2) is 46.1 Å². The molecule has 1 fully saturated rings. The largest absolute Gasteiger partial charge is 0.311 e. The molecule has 0 spiro atoms. The van der Waals surface area contributed by atoms with Gasteiger partial charge in [0, 0.05) is 19.3 Å². The van der Waals surface area contributed by atoms with Gasteiger partial charge in [0.1, 0.15) is 0 Å². The van der Waals surface area contributed by atoms with Crippen molar-refractivity contribution in [2.45, 2.75) is 52.6 Å². The third-order valence-electron chi connectivity index (χ3n) is 4.31. The lowest BCUT2D eigenvalue weighted by Gasteiger charge is -2.19. The molecule has 1 unspecified atom stereocenters. The van der Waals surface area contributed by atoms with Crippen molar-refractivity contribution in [3.05, 3.63) is 11.9 Å². The normalized spacial score (nSPS) is 21.0. The van der Waals surface area contributed by atoms with E-state index in [0.717, 1.165) is 37.8 Å². The van der Waals surface area contributed by atoms with E-state index in [1.165, 1.54) is 38.8 Å². The summed E-state index contributed by atoms with van der Waals surface area (Å²) in [6, 6.07) is 0. The van der Waals surface area contributed by atoms with Gasteiger partial charge in [0.15, 0.2) is 0 Å². The van der Waals surface area contributed by atoms with Crippen molar-refractivity contribution in [1.82, 2.24) is 25.2 Å². The first-order valence-corrected chi connectivity index (χ1v) is 8.14. The smallest absolute Gasteiger partial charge is 0.0964 e. The minimum Gasteiger partial charge on any atom is -0.311 e. The monoisotopic (exact) mass is 279 g/mol. The number of hydrogen-bond donors (Lipinski definition) is 1. The third kappa shape index (κ3) is 4.87. The molecule has 20 heavy (non-hydrogen) atoms. The maximum Gasteiger partial charge on any atom is 0.0964 e. The maximum absolute atomic E-state index is 4.21. The highest BCUT2D eigenvalue weighted by atomic mass is 15.4. The average Bonchev–Trinajstić information content (AvgIpc) is 2.79. The Kier molecular flexibility index (Phi) is 6.47. The quantitative estimate of drug-likeness (QED) is 0.828. The van der Waals surface area contributed by atoms with Crippen LogP contribution in [0.1, 0.15) is 45.2 Å². The van der Waals surface area contributed by atoms with Crippen LogP contribution in [0.5, 0.6) is 0 Å². The van der Waals surface area contributed by atoms with Crippen LogP contribution >= 0.6 is 0 Å². The van der Waals surface area contributed by atoms with Crippen LogP contribution in [0.4, 0.5) is 0 Å². The fourth-order valence-electron chi connectivity index (χ4n) is 2.88. The third-order valence-corrected chi connectivity index (χ3v) is 4.31. The van der Waals surface area contributed by atoms with E-state index in [0.29, 0.717) is 0 Å². The molecule has 1 aromatic heterocycles. The number of nitrogens with one attached hydrogen (secondary N) is 1. The maximum atomic E-state index is 4.21. The number of likely N-dealkylation sites (tertiary alicyclic amines) is 1. The van der Waals surface area contributed by atoms with Gasteiger partial charge in [-0.3, -0.25) is 4.68 Å². The Morgan fingerprint density at radius 3 is 2.95 bits per heavy atom. The molecular weight excluding hydrogens is 250 g/mol. The van der Waals surface area contributed by atoms with Crippen molar-refractivity contribution in [3.8, 4) is 0 Å². The van der Waals surface area contributed by atoms with E-state index in [2.05, 4.69) is 40.6 Å². The van der Waals surface area contributed by atoms with Gasteiger partial charge in [0.2, 0.25) is 0 Å². The van der Waals surface area contributed by atoms with Crippen molar-refractivity contribution >= 4 is 0 Å². The Hall–Kier alpha value is -0.940. The highest BCUT2D eigenvalue weighted by Crippen LogP contribution is 2.19. The van der Waals surface area contributed by atoms with Gasteiger partial charge in [0.25, 0.3) is 0 Å². The fourth-order valence-corrected chi connectivity index (χ4v) is 2.88. The molecule has 114 valence electrons. The second-order valence-corrected chi connectivity index (χ2v) is 5.80. The highest BCUT2D eigenvalue weighted by Gasteiger charge is 2.15. The number of nitrogens with zero attached hydrogens (tertiary/aromatic N) is 4. The van der Waals surface area contributed by atoms with E-state index in [-0.39, 0.29) is 0 Å². The molecule has 2 rings (SSSR count). The minimum absolute atomic E-state index is 0.818. The zero-order chi connectivity index (χ0) is 14.2. The second-order valence-electron chi connectivity index (χ2n) is 5.80. The average molecular weight is 279 g/mol. The topological polar surface area (TPSA) is 46.0 Å². The Labute approximate surface area is 122 Å². The second kappa shape index (κ2) is 8.37. The molecule has 1 aliphatic rings. The van der Waals surface area contributed by atoms with Crippen LogP contribution < -0.4 is 5.32 Å². The fraction of sp³-hybridized carbons (Fsp3) is 0.867. The van der Waals surface area contributed by atoms with Crippen molar-refractivity contribution in [3.63, 3.8) is 0 Å². The van der Waals surface area contributed by atoms with Crippen molar-refractivity contribution < 1.29 is 0 Å². The van der Waals surface area contributed by atoms with Crippen molar-refractivity contribution in [2.24, 2.45) is 5.92 Å². The molecule has 0 aliphatic carbocycles. The van der Waals surface area contributed by atoms with E-state index in [4.69, 9.17) is 0 Å². The van der Waals surface area contributed by atoms with Gasteiger partial charge >= 0.3 is 0 Å². The van der Waals surface area contributed by atoms with Crippen LogP contribution in [0.25, 0.3) is 0 Å². The Morgan fingerprint density at radius 1 is 1.25 bits per heavy atom. The van der Waals surface area contributed by atoms with Gasteiger partial charge in [-0.25, -0.2) is 0 Å². The Morgan fingerprint density at radius 2 is 2.15 bits per heavy atom. The molecule has 2 heterocycles. The molecule has 0 amide bonds. The Bertz CT molecular complexity index is 376. The van der Waals surface area contributed by atoms with E-state index < -0.39 is 0 Å². The summed E-state index contributed by atoms with van der Waals surface area (Å²) in [4.78, 5) is 2.58. The van der Waals surface area contributed by atoms with Crippen molar-refractivity contribution in [2.75, 3.05) is 26.2 Å². The van der Waals surface area contributed by atoms with Gasteiger partial charge in [0.05, 0.1) is 12.2 Å². The summed E-state index contributed by atoms with van der Waals surface area (Å²) in [7, 11) is 0. The summed E-state index contributed by atoms with van der Waals surface area (Å²) in [5, 5.41) is 11.7. The van der Waals surface area contributed by atoms with E-state index in [9.17, 15) is 0 Å². The first-order chi connectivity index (χ1) is 9.81. The molecular formula is C15H29N5. The molecule has 0 aromatic carbocycles. The predicted molar refractivity (Wildman–Crippen MR) is 81.5 cm³/mol. The molecule has 5 nitrogen and oxygen atoms in total. The molecule has 0 radical (unpaired) electrons. The van der Waals surface area contributed by atoms with Crippen LogP contribution in [0.3, 0.4) is 0 Å². The molecule has 0 bridgehead atoms. The van der Waals surface area contributed by atoms with Gasteiger partial charge in [-0.1, -0.05) is 25.5 Å². The molecule has 1 atom stereocenters.